The maximum absolute atomic E-state index is 12.5. The summed E-state index contributed by atoms with van der Waals surface area (Å²) in [4.78, 5) is 29.1. The van der Waals surface area contributed by atoms with E-state index in [2.05, 4.69) is 27.0 Å². The van der Waals surface area contributed by atoms with Gasteiger partial charge < -0.3 is 9.88 Å². The van der Waals surface area contributed by atoms with Crippen LogP contribution in [0.15, 0.2) is 96.3 Å². The fourth-order valence-corrected chi connectivity index (χ4v) is 3.31. The van der Waals surface area contributed by atoms with Gasteiger partial charge in [-0.25, -0.2) is 4.98 Å². The highest BCUT2D eigenvalue weighted by molar-refractivity contribution is 5.94. The van der Waals surface area contributed by atoms with Gasteiger partial charge in [0.1, 0.15) is 0 Å². The third kappa shape index (κ3) is 4.55. The number of amides is 1. The summed E-state index contributed by atoms with van der Waals surface area (Å²) in [5.41, 5.74) is 3.11. The van der Waals surface area contributed by atoms with Crippen molar-refractivity contribution in [3.63, 3.8) is 0 Å². The van der Waals surface area contributed by atoms with Gasteiger partial charge in [-0.2, -0.15) is 0 Å². The first-order valence-corrected chi connectivity index (χ1v) is 9.80. The molecule has 0 saturated heterocycles. The van der Waals surface area contributed by atoms with Gasteiger partial charge in [0, 0.05) is 54.9 Å². The average molecular weight is 398 g/mol. The minimum Gasteiger partial charge on any atom is -0.352 e. The lowest BCUT2D eigenvalue weighted by Gasteiger charge is -2.10. The first kappa shape index (κ1) is 19.4. The number of hydrogen-bond acceptors (Lipinski definition) is 3. The lowest BCUT2D eigenvalue weighted by molar-refractivity contribution is 0.0953. The van der Waals surface area contributed by atoms with Gasteiger partial charge in [0.25, 0.3) is 11.5 Å². The molecule has 6 heteroatoms. The predicted octanol–water partition coefficient (Wildman–Crippen LogP) is 3.05. The molecule has 2 heterocycles. The van der Waals surface area contributed by atoms with Crippen molar-refractivity contribution in [3.05, 3.63) is 119 Å². The summed E-state index contributed by atoms with van der Waals surface area (Å²) in [6, 6.07) is 22.5. The molecule has 0 unspecified atom stereocenters. The second-order valence-electron chi connectivity index (χ2n) is 6.96. The van der Waals surface area contributed by atoms with Crippen LogP contribution in [-0.2, 0) is 13.0 Å². The molecule has 0 aliphatic rings. The van der Waals surface area contributed by atoms with Crippen LogP contribution in [0.4, 0.5) is 0 Å². The molecule has 6 nitrogen and oxygen atoms in total. The Morgan fingerprint density at radius 3 is 2.43 bits per heavy atom. The van der Waals surface area contributed by atoms with Gasteiger partial charge in [-0.3, -0.25) is 14.2 Å². The number of pyridine rings is 1. The molecule has 0 aliphatic carbocycles. The zero-order chi connectivity index (χ0) is 20.8. The highest BCUT2D eigenvalue weighted by Crippen LogP contribution is 2.07. The van der Waals surface area contributed by atoms with Gasteiger partial charge in [-0.15, -0.1) is 0 Å². The minimum atomic E-state index is -0.263. The van der Waals surface area contributed by atoms with Crippen LogP contribution in [0.1, 0.15) is 21.6 Å². The Balaban J connectivity index is 1.36. The van der Waals surface area contributed by atoms with Gasteiger partial charge in [0.2, 0.25) is 0 Å². The van der Waals surface area contributed by atoms with Gasteiger partial charge >= 0.3 is 0 Å². The first-order chi connectivity index (χ1) is 14.7. The molecule has 0 bridgehead atoms. The third-order valence-corrected chi connectivity index (χ3v) is 4.88. The van der Waals surface area contributed by atoms with Crippen molar-refractivity contribution >= 4 is 5.91 Å². The van der Waals surface area contributed by atoms with Crippen LogP contribution in [-0.4, -0.2) is 26.6 Å². The molecular weight excluding hydrogens is 376 g/mol. The van der Waals surface area contributed by atoms with Gasteiger partial charge in [-0.05, 0) is 23.8 Å². The van der Waals surface area contributed by atoms with Crippen LogP contribution in [0.5, 0.6) is 0 Å². The average Bonchev–Trinajstić information content (AvgIpc) is 3.21. The van der Waals surface area contributed by atoms with Crippen LogP contribution >= 0.6 is 0 Å². The number of hydrogen-bond donors (Lipinski definition) is 1. The fourth-order valence-electron chi connectivity index (χ4n) is 3.31. The van der Waals surface area contributed by atoms with Crippen molar-refractivity contribution in [2.24, 2.45) is 0 Å². The second-order valence-corrected chi connectivity index (χ2v) is 6.96. The summed E-state index contributed by atoms with van der Waals surface area (Å²) in [5.74, 6) is -0.263. The van der Waals surface area contributed by atoms with E-state index in [-0.39, 0.29) is 11.5 Å². The molecule has 0 saturated carbocycles. The molecule has 0 radical (unpaired) electrons. The lowest BCUT2D eigenvalue weighted by Crippen LogP contribution is -2.28. The quantitative estimate of drug-likeness (QED) is 0.520. The summed E-state index contributed by atoms with van der Waals surface area (Å²) in [7, 11) is 0. The number of benzene rings is 2. The van der Waals surface area contributed by atoms with E-state index in [1.807, 2.05) is 54.7 Å². The van der Waals surface area contributed by atoms with Gasteiger partial charge in [0.15, 0.2) is 0 Å². The number of aromatic nitrogens is 3. The van der Waals surface area contributed by atoms with E-state index < -0.39 is 0 Å². The lowest BCUT2D eigenvalue weighted by atomic mass is 10.2. The Hall–Kier alpha value is -3.93. The number of imidazole rings is 1. The summed E-state index contributed by atoms with van der Waals surface area (Å²) < 4.78 is 3.58. The zero-order valence-electron chi connectivity index (χ0n) is 16.4. The Labute approximate surface area is 174 Å². The Kier molecular flexibility index (Phi) is 5.85. The SMILES string of the molecule is O=C(NCCc1cncn1Cc1ccccc1)c1ccn(-c2ccccc2)c(=O)c1. The van der Waals surface area contributed by atoms with E-state index in [0.717, 1.165) is 17.9 Å². The second kappa shape index (κ2) is 9.05. The zero-order valence-corrected chi connectivity index (χ0v) is 16.4. The normalized spacial score (nSPS) is 10.7. The van der Waals surface area contributed by atoms with Gasteiger partial charge in [-0.1, -0.05) is 48.5 Å². The topological polar surface area (TPSA) is 68.9 Å². The van der Waals surface area contributed by atoms with E-state index in [1.54, 1.807) is 18.6 Å². The van der Waals surface area contributed by atoms with E-state index in [4.69, 9.17) is 0 Å². The number of nitrogens with zero attached hydrogens (tertiary/aromatic N) is 3. The van der Waals surface area contributed by atoms with Gasteiger partial charge in [0.05, 0.1) is 6.33 Å². The third-order valence-electron chi connectivity index (χ3n) is 4.88. The highest BCUT2D eigenvalue weighted by Gasteiger charge is 2.09. The number of carbonyl (C=O) groups excluding carboxylic acids is 1. The van der Waals surface area contributed by atoms with E-state index in [0.29, 0.717) is 18.5 Å². The number of nitrogens with one attached hydrogen (secondary N) is 1. The van der Waals surface area contributed by atoms with E-state index >= 15 is 0 Å². The van der Waals surface area contributed by atoms with Crippen LogP contribution < -0.4 is 10.9 Å². The van der Waals surface area contributed by atoms with Crippen molar-refractivity contribution in [3.8, 4) is 5.69 Å². The van der Waals surface area contributed by atoms with Crippen LogP contribution in [0.2, 0.25) is 0 Å². The standard InChI is InChI=1S/C24H22N4O2/c29-23-15-20(12-14-28(23)21-9-5-2-6-10-21)24(30)26-13-11-22-16-25-18-27(22)17-19-7-3-1-4-8-19/h1-10,12,14-16,18H,11,13,17H2,(H,26,30). The van der Waals surface area contributed by atoms with Crippen molar-refractivity contribution in [2.45, 2.75) is 13.0 Å². The van der Waals surface area contributed by atoms with Crippen molar-refractivity contribution in [1.29, 1.82) is 0 Å². The van der Waals surface area contributed by atoms with Crippen LogP contribution in [0, 0.1) is 0 Å². The molecule has 1 N–H and O–H groups in total. The molecule has 0 atom stereocenters. The molecular formula is C24H22N4O2. The largest absolute Gasteiger partial charge is 0.352 e. The molecule has 4 aromatic rings. The number of carbonyl (C=O) groups is 1. The van der Waals surface area contributed by atoms with E-state index in [1.165, 1.54) is 16.2 Å². The number of rotatable bonds is 7. The monoisotopic (exact) mass is 398 g/mol. The Morgan fingerprint density at radius 1 is 0.967 bits per heavy atom. The predicted molar refractivity (Wildman–Crippen MR) is 116 cm³/mol. The molecule has 2 aromatic carbocycles. The number of para-hydroxylation sites is 1. The highest BCUT2D eigenvalue weighted by atomic mass is 16.2. The molecule has 0 fully saturated rings. The summed E-state index contributed by atoms with van der Waals surface area (Å²) >= 11 is 0. The molecule has 0 aliphatic heterocycles. The molecule has 150 valence electrons. The molecule has 30 heavy (non-hydrogen) atoms. The van der Waals surface area contributed by atoms with Crippen molar-refractivity contribution in [1.82, 2.24) is 19.4 Å². The summed E-state index contributed by atoms with van der Waals surface area (Å²) in [6.07, 6.45) is 5.89. The minimum absolute atomic E-state index is 0.241. The van der Waals surface area contributed by atoms with Crippen molar-refractivity contribution < 1.29 is 4.79 Å². The Morgan fingerprint density at radius 2 is 1.70 bits per heavy atom. The van der Waals surface area contributed by atoms with Crippen molar-refractivity contribution in [2.75, 3.05) is 6.54 Å². The summed E-state index contributed by atoms with van der Waals surface area (Å²) in [5, 5.41) is 2.89. The Bertz CT molecular complexity index is 1180. The summed E-state index contributed by atoms with van der Waals surface area (Å²) in [6.45, 7) is 1.20. The fraction of sp³-hybridized carbons (Fsp3) is 0.125. The van der Waals surface area contributed by atoms with Crippen LogP contribution in [0.3, 0.4) is 0 Å². The molecule has 1 amide bonds. The smallest absolute Gasteiger partial charge is 0.255 e. The van der Waals surface area contributed by atoms with E-state index in [9.17, 15) is 9.59 Å². The molecule has 4 rings (SSSR count). The molecule has 2 aromatic heterocycles. The maximum Gasteiger partial charge on any atom is 0.255 e. The maximum atomic E-state index is 12.5. The molecule has 0 spiro atoms. The van der Waals surface area contributed by atoms with Crippen LogP contribution in [0.25, 0.3) is 5.69 Å². The first-order valence-electron chi connectivity index (χ1n) is 9.80.